The van der Waals surface area contributed by atoms with E-state index in [1.807, 2.05) is 18.7 Å². The van der Waals surface area contributed by atoms with Crippen LogP contribution in [0.2, 0.25) is 0 Å². The summed E-state index contributed by atoms with van der Waals surface area (Å²) in [5, 5.41) is 11.6. The molecule has 0 saturated carbocycles. The Balaban J connectivity index is 4.09. The zero-order chi connectivity index (χ0) is 12.8. The molecular weight excluding hydrogens is 226 g/mol. The molecule has 0 aliphatic rings. The normalized spacial score (nSPS) is 13.2. The highest BCUT2D eigenvalue weighted by Gasteiger charge is 2.36. The smallest absolute Gasteiger partial charge is 0.318 e. The molecule has 16 heavy (non-hydrogen) atoms. The van der Waals surface area contributed by atoms with Crippen LogP contribution in [0.25, 0.3) is 0 Å². The molecule has 0 aliphatic heterocycles. The minimum absolute atomic E-state index is 0.0187. The predicted octanol–water partition coefficient (Wildman–Crippen LogP) is 1.75. The molecule has 4 nitrogen and oxygen atoms in total. The average molecular weight is 247 g/mol. The molecule has 1 atom stereocenters. The van der Waals surface area contributed by atoms with Gasteiger partial charge in [0, 0.05) is 6.04 Å². The first-order chi connectivity index (χ1) is 7.32. The van der Waals surface area contributed by atoms with Crippen molar-refractivity contribution in [3.05, 3.63) is 0 Å². The molecule has 0 aliphatic carbocycles. The predicted molar refractivity (Wildman–Crippen MR) is 66.6 cm³/mol. The van der Waals surface area contributed by atoms with E-state index in [1.165, 1.54) is 13.8 Å². The van der Waals surface area contributed by atoms with Crippen LogP contribution in [0.1, 0.15) is 34.1 Å². The molecule has 0 bridgehead atoms. The van der Waals surface area contributed by atoms with Gasteiger partial charge in [-0.25, -0.2) is 0 Å². The first-order valence-electron chi connectivity index (χ1n) is 5.44. The highest BCUT2D eigenvalue weighted by Crippen LogP contribution is 2.16. The number of rotatable bonds is 7. The van der Waals surface area contributed by atoms with E-state index in [0.29, 0.717) is 0 Å². The van der Waals surface area contributed by atoms with Gasteiger partial charge in [0.2, 0.25) is 5.91 Å². The van der Waals surface area contributed by atoms with Gasteiger partial charge in [-0.05, 0) is 38.7 Å². The van der Waals surface area contributed by atoms with E-state index in [2.05, 4.69) is 12.2 Å². The van der Waals surface area contributed by atoms with E-state index in [0.717, 1.165) is 17.9 Å². The molecule has 1 unspecified atom stereocenters. The van der Waals surface area contributed by atoms with E-state index in [9.17, 15) is 9.59 Å². The van der Waals surface area contributed by atoms with Gasteiger partial charge in [0.15, 0.2) is 0 Å². The van der Waals surface area contributed by atoms with E-state index >= 15 is 0 Å². The summed E-state index contributed by atoms with van der Waals surface area (Å²) in [6.07, 6.45) is 0.861. The highest BCUT2D eigenvalue weighted by molar-refractivity contribution is 7.99. The van der Waals surface area contributed by atoms with Gasteiger partial charge >= 0.3 is 5.97 Å². The number of carbonyl (C=O) groups is 2. The number of carboxylic acid groups (broad SMARTS) is 1. The second kappa shape index (κ2) is 6.78. The summed E-state index contributed by atoms with van der Waals surface area (Å²) in [7, 11) is 0. The number of hydrogen-bond acceptors (Lipinski definition) is 3. The van der Waals surface area contributed by atoms with Crippen molar-refractivity contribution in [3.63, 3.8) is 0 Å². The zero-order valence-corrected chi connectivity index (χ0v) is 11.2. The number of carbonyl (C=O) groups excluding carboxylic acids is 1. The van der Waals surface area contributed by atoms with Crippen molar-refractivity contribution in [1.82, 2.24) is 5.32 Å². The van der Waals surface area contributed by atoms with Crippen LogP contribution in [0, 0.1) is 5.41 Å². The molecule has 94 valence electrons. The molecule has 0 aromatic carbocycles. The van der Waals surface area contributed by atoms with Crippen LogP contribution in [0.4, 0.5) is 0 Å². The van der Waals surface area contributed by atoms with E-state index in [4.69, 9.17) is 5.11 Å². The third-order valence-electron chi connectivity index (χ3n) is 2.38. The summed E-state index contributed by atoms with van der Waals surface area (Å²) >= 11 is 1.81. The van der Waals surface area contributed by atoms with Gasteiger partial charge < -0.3 is 10.4 Å². The maximum Gasteiger partial charge on any atom is 0.318 e. The Bertz CT molecular complexity index is 254. The third kappa shape index (κ3) is 4.88. The fourth-order valence-corrected chi connectivity index (χ4v) is 1.79. The van der Waals surface area contributed by atoms with Gasteiger partial charge in [-0.3, -0.25) is 9.59 Å². The van der Waals surface area contributed by atoms with Gasteiger partial charge in [-0.15, -0.1) is 0 Å². The van der Waals surface area contributed by atoms with Gasteiger partial charge in [0.05, 0.1) is 0 Å². The molecular formula is C11H21NO3S. The molecule has 0 radical (unpaired) electrons. The number of hydrogen-bond donors (Lipinski definition) is 2. The van der Waals surface area contributed by atoms with Crippen molar-refractivity contribution in [2.45, 2.75) is 40.2 Å². The number of thioether (sulfide) groups is 1. The first kappa shape index (κ1) is 15.3. The Hall–Kier alpha value is -0.710. The van der Waals surface area contributed by atoms with Crippen molar-refractivity contribution in [2.24, 2.45) is 5.41 Å². The Morgan fingerprint density at radius 1 is 1.44 bits per heavy atom. The Labute approximate surface area is 101 Å². The number of nitrogens with one attached hydrogen (secondary N) is 1. The van der Waals surface area contributed by atoms with Gasteiger partial charge in [0.1, 0.15) is 5.41 Å². The van der Waals surface area contributed by atoms with E-state index in [1.54, 1.807) is 0 Å². The Morgan fingerprint density at radius 2 is 2.00 bits per heavy atom. The van der Waals surface area contributed by atoms with E-state index in [-0.39, 0.29) is 6.04 Å². The van der Waals surface area contributed by atoms with Crippen molar-refractivity contribution in [2.75, 3.05) is 11.5 Å². The van der Waals surface area contributed by atoms with Crippen molar-refractivity contribution >= 4 is 23.6 Å². The minimum atomic E-state index is -1.36. The topological polar surface area (TPSA) is 66.4 Å². The average Bonchev–Trinajstić information content (AvgIpc) is 2.17. The second-order valence-corrected chi connectivity index (χ2v) is 5.68. The lowest BCUT2D eigenvalue weighted by Crippen LogP contribution is -2.45. The molecule has 0 spiro atoms. The lowest BCUT2D eigenvalue weighted by molar-refractivity contribution is -0.153. The van der Waals surface area contributed by atoms with Crippen LogP contribution in [-0.2, 0) is 9.59 Å². The summed E-state index contributed by atoms with van der Waals surface area (Å²) < 4.78 is 0. The fourth-order valence-electron chi connectivity index (χ4n) is 0.978. The molecule has 0 aromatic rings. The maximum absolute atomic E-state index is 11.7. The van der Waals surface area contributed by atoms with Crippen LogP contribution >= 0.6 is 11.8 Å². The first-order valence-corrected chi connectivity index (χ1v) is 6.60. The van der Waals surface area contributed by atoms with Crippen molar-refractivity contribution in [3.8, 4) is 0 Å². The molecule has 2 N–H and O–H groups in total. The molecule has 1 amide bonds. The van der Waals surface area contributed by atoms with Crippen LogP contribution in [0.15, 0.2) is 0 Å². The number of carboxylic acids is 1. The van der Waals surface area contributed by atoms with Crippen molar-refractivity contribution in [1.29, 1.82) is 0 Å². The summed E-state index contributed by atoms with van der Waals surface area (Å²) in [6, 6.07) is 0.0187. The lowest BCUT2D eigenvalue weighted by Gasteiger charge is -2.21. The maximum atomic E-state index is 11.7. The summed E-state index contributed by atoms with van der Waals surface area (Å²) in [5.41, 5.74) is -1.36. The quantitative estimate of drug-likeness (QED) is 0.531. The summed E-state index contributed by atoms with van der Waals surface area (Å²) in [5.74, 6) is 0.515. The monoisotopic (exact) mass is 247 g/mol. The molecule has 0 rings (SSSR count). The van der Waals surface area contributed by atoms with Crippen LogP contribution in [0.5, 0.6) is 0 Å². The summed E-state index contributed by atoms with van der Waals surface area (Å²) in [6.45, 7) is 6.81. The van der Waals surface area contributed by atoms with Crippen LogP contribution in [0.3, 0.4) is 0 Å². The molecule has 5 heteroatoms. The lowest BCUT2D eigenvalue weighted by atomic mass is 9.92. The SMILES string of the molecule is CCSCCC(C)NC(=O)C(C)(C)C(=O)O. The van der Waals surface area contributed by atoms with Crippen LogP contribution < -0.4 is 5.32 Å². The van der Waals surface area contributed by atoms with Gasteiger partial charge in [-0.1, -0.05) is 6.92 Å². The molecule has 0 heterocycles. The Morgan fingerprint density at radius 3 is 2.44 bits per heavy atom. The highest BCUT2D eigenvalue weighted by atomic mass is 32.2. The molecule has 0 fully saturated rings. The third-order valence-corrected chi connectivity index (χ3v) is 3.31. The van der Waals surface area contributed by atoms with Crippen molar-refractivity contribution < 1.29 is 14.7 Å². The minimum Gasteiger partial charge on any atom is -0.480 e. The largest absolute Gasteiger partial charge is 0.480 e. The number of aliphatic carboxylic acids is 1. The fraction of sp³-hybridized carbons (Fsp3) is 0.818. The summed E-state index contributed by atoms with van der Waals surface area (Å²) in [4.78, 5) is 22.5. The molecule has 0 saturated heterocycles. The molecule has 0 aromatic heterocycles. The second-order valence-electron chi connectivity index (χ2n) is 4.29. The number of amides is 1. The zero-order valence-electron chi connectivity index (χ0n) is 10.4. The standard InChI is InChI=1S/C11H21NO3S/c1-5-16-7-6-8(2)12-9(13)11(3,4)10(14)15/h8H,5-7H2,1-4H3,(H,12,13)(H,14,15). The van der Waals surface area contributed by atoms with E-state index < -0.39 is 17.3 Å². The van der Waals surface area contributed by atoms with Gasteiger partial charge in [0.25, 0.3) is 0 Å². The van der Waals surface area contributed by atoms with Crippen LogP contribution in [-0.4, -0.2) is 34.5 Å². The van der Waals surface area contributed by atoms with Gasteiger partial charge in [-0.2, -0.15) is 11.8 Å². The Kier molecular flexibility index (Phi) is 6.48.